The summed E-state index contributed by atoms with van der Waals surface area (Å²) in [5, 5.41) is 14.7. The molecule has 3 rings (SSSR count). The fourth-order valence-electron chi connectivity index (χ4n) is 3.14. The van der Waals surface area contributed by atoms with E-state index in [0.717, 1.165) is 17.5 Å². The summed E-state index contributed by atoms with van der Waals surface area (Å²) >= 11 is 1.75. The van der Waals surface area contributed by atoms with Gasteiger partial charge in [0.1, 0.15) is 23.4 Å². The molecule has 2 aromatic heterocycles. The summed E-state index contributed by atoms with van der Waals surface area (Å²) in [5.74, 6) is -0.632. The molecule has 0 atom stereocenters. The molecule has 0 aliphatic heterocycles. The molecular formula is C24H33N3O5S. The van der Waals surface area contributed by atoms with Crippen molar-refractivity contribution in [1.29, 1.82) is 0 Å². The SMILES string of the molecule is COCCOc1cccc2c(-c3cc(=O)c(C(=O)O)c[nH]3)n(CCC(C)(C)C)nc12.CSC. The number of ether oxygens (including phenoxy) is 2. The van der Waals surface area contributed by atoms with Gasteiger partial charge in [0.05, 0.1) is 18.0 Å². The van der Waals surface area contributed by atoms with E-state index in [-0.39, 0.29) is 11.0 Å². The van der Waals surface area contributed by atoms with Gasteiger partial charge in [-0.2, -0.15) is 16.9 Å². The summed E-state index contributed by atoms with van der Waals surface area (Å²) in [4.78, 5) is 26.5. The second-order valence-electron chi connectivity index (χ2n) is 8.71. The van der Waals surface area contributed by atoms with E-state index in [9.17, 15) is 9.59 Å². The van der Waals surface area contributed by atoms with Gasteiger partial charge in [0.2, 0.25) is 0 Å². The Hall–Kier alpha value is -2.78. The van der Waals surface area contributed by atoms with Gasteiger partial charge >= 0.3 is 5.97 Å². The minimum absolute atomic E-state index is 0.0910. The van der Waals surface area contributed by atoms with Crippen LogP contribution in [-0.2, 0) is 11.3 Å². The van der Waals surface area contributed by atoms with Crippen molar-refractivity contribution in [3.63, 3.8) is 0 Å². The molecular weight excluding hydrogens is 442 g/mol. The molecule has 33 heavy (non-hydrogen) atoms. The van der Waals surface area contributed by atoms with E-state index in [1.807, 2.05) is 35.4 Å². The summed E-state index contributed by atoms with van der Waals surface area (Å²) in [6, 6.07) is 6.94. The van der Waals surface area contributed by atoms with E-state index < -0.39 is 11.4 Å². The van der Waals surface area contributed by atoms with Gasteiger partial charge in [-0.25, -0.2) is 4.79 Å². The van der Waals surface area contributed by atoms with Crippen LogP contribution in [0.5, 0.6) is 5.75 Å². The van der Waals surface area contributed by atoms with Crippen LogP contribution in [0.1, 0.15) is 37.6 Å². The number of carboxylic acids is 1. The highest BCUT2D eigenvalue weighted by molar-refractivity contribution is 7.97. The van der Waals surface area contributed by atoms with E-state index in [1.165, 1.54) is 12.3 Å². The average Bonchev–Trinajstić information content (AvgIpc) is 3.11. The zero-order valence-electron chi connectivity index (χ0n) is 20.1. The first-order chi connectivity index (χ1) is 15.6. The van der Waals surface area contributed by atoms with Crippen molar-refractivity contribution in [2.75, 3.05) is 32.8 Å². The molecule has 0 spiro atoms. The standard InChI is InChI=1S/C22H27N3O5.C2H6S/c1-22(2,3)8-9-25-20(16-12-17(26)15(13-23-16)21(27)28)14-6-5-7-18(19(14)24-25)30-11-10-29-4;1-3-2/h5-7,12-13H,8-11H2,1-4H3,(H,23,26)(H,27,28);1-2H3. The largest absolute Gasteiger partial charge is 0.489 e. The number of aryl methyl sites for hydroxylation is 1. The molecule has 2 heterocycles. The van der Waals surface area contributed by atoms with Crippen molar-refractivity contribution in [3.8, 4) is 17.1 Å². The number of H-pyrrole nitrogens is 1. The Bertz CT molecular complexity index is 1130. The van der Waals surface area contributed by atoms with Gasteiger partial charge < -0.3 is 19.6 Å². The van der Waals surface area contributed by atoms with Gasteiger partial charge in [-0.1, -0.05) is 32.9 Å². The predicted octanol–water partition coefficient (Wildman–Crippen LogP) is 4.53. The van der Waals surface area contributed by atoms with Crippen LogP contribution >= 0.6 is 11.8 Å². The number of benzene rings is 1. The fourth-order valence-corrected chi connectivity index (χ4v) is 3.14. The summed E-state index contributed by atoms with van der Waals surface area (Å²) in [6.45, 7) is 7.94. The van der Waals surface area contributed by atoms with Crippen molar-refractivity contribution in [2.45, 2.75) is 33.7 Å². The maximum Gasteiger partial charge on any atom is 0.341 e. The molecule has 1 aromatic carbocycles. The minimum atomic E-state index is -1.26. The number of aromatic carboxylic acids is 1. The lowest BCUT2D eigenvalue weighted by Gasteiger charge is -2.18. The number of carbonyl (C=O) groups is 1. The van der Waals surface area contributed by atoms with E-state index in [2.05, 4.69) is 25.8 Å². The van der Waals surface area contributed by atoms with Gasteiger partial charge in [0.25, 0.3) is 0 Å². The highest BCUT2D eigenvalue weighted by atomic mass is 32.2. The van der Waals surface area contributed by atoms with Crippen LogP contribution < -0.4 is 10.2 Å². The van der Waals surface area contributed by atoms with E-state index in [4.69, 9.17) is 19.7 Å². The number of aromatic amines is 1. The van der Waals surface area contributed by atoms with Crippen molar-refractivity contribution in [1.82, 2.24) is 14.8 Å². The summed E-state index contributed by atoms with van der Waals surface area (Å²) < 4.78 is 12.7. The molecule has 0 saturated heterocycles. The summed E-state index contributed by atoms with van der Waals surface area (Å²) in [6.07, 6.45) is 6.18. The quantitative estimate of drug-likeness (QED) is 0.461. The van der Waals surface area contributed by atoms with E-state index in [1.54, 1.807) is 18.9 Å². The third kappa shape index (κ3) is 7.10. The molecule has 9 heteroatoms. The Morgan fingerprint density at radius 3 is 2.52 bits per heavy atom. The summed E-state index contributed by atoms with van der Waals surface area (Å²) in [7, 11) is 1.61. The second-order valence-corrected chi connectivity index (χ2v) is 9.53. The molecule has 0 unspecified atom stereocenters. The first-order valence-corrected chi connectivity index (χ1v) is 12.2. The average molecular weight is 476 g/mol. The maximum absolute atomic E-state index is 12.3. The molecule has 0 radical (unpaired) electrons. The lowest BCUT2D eigenvalue weighted by molar-refractivity contribution is 0.0695. The van der Waals surface area contributed by atoms with E-state index >= 15 is 0 Å². The lowest BCUT2D eigenvalue weighted by Crippen LogP contribution is -2.16. The molecule has 0 saturated carbocycles. The normalized spacial score (nSPS) is 11.2. The highest BCUT2D eigenvalue weighted by Crippen LogP contribution is 2.33. The number of methoxy groups -OCH3 is 1. The minimum Gasteiger partial charge on any atom is -0.489 e. The van der Waals surface area contributed by atoms with Crippen molar-refractivity contribution >= 4 is 28.6 Å². The molecule has 0 bridgehead atoms. The van der Waals surface area contributed by atoms with E-state index in [0.29, 0.717) is 36.7 Å². The Balaban J connectivity index is 0.00000122. The topological polar surface area (TPSA) is 106 Å². The van der Waals surface area contributed by atoms with Crippen LogP contribution in [0.15, 0.2) is 35.3 Å². The number of hydrogen-bond donors (Lipinski definition) is 2. The Labute approximate surface area is 198 Å². The molecule has 8 nitrogen and oxygen atoms in total. The summed E-state index contributed by atoms with van der Waals surface area (Å²) in [5.41, 5.74) is 1.15. The number of aromatic nitrogens is 3. The molecule has 0 aliphatic rings. The van der Waals surface area contributed by atoms with Crippen LogP contribution in [0.2, 0.25) is 0 Å². The van der Waals surface area contributed by atoms with Crippen LogP contribution in [-0.4, -0.2) is 58.7 Å². The molecule has 2 N–H and O–H groups in total. The number of rotatable bonds is 8. The molecule has 180 valence electrons. The number of nitrogens with zero attached hydrogens (tertiary/aromatic N) is 2. The van der Waals surface area contributed by atoms with Gasteiger partial charge in [0.15, 0.2) is 5.43 Å². The maximum atomic E-state index is 12.3. The van der Waals surface area contributed by atoms with Crippen molar-refractivity contribution in [2.24, 2.45) is 5.41 Å². The number of pyridine rings is 1. The van der Waals surface area contributed by atoms with Gasteiger partial charge in [-0.05, 0) is 30.4 Å². The zero-order chi connectivity index (χ0) is 24.6. The first-order valence-electron chi connectivity index (χ1n) is 10.6. The third-order valence-electron chi connectivity index (χ3n) is 4.75. The monoisotopic (exact) mass is 475 g/mol. The van der Waals surface area contributed by atoms with Crippen molar-refractivity contribution < 1.29 is 19.4 Å². The first kappa shape index (κ1) is 26.5. The fraction of sp³-hybridized carbons (Fsp3) is 0.458. The molecule has 0 aliphatic carbocycles. The van der Waals surface area contributed by atoms with Gasteiger partial charge in [-0.3, -0.25) is 9.48 Å². The molecule has 0 amide bonds. The lowest BCUT2D eigenvalue weighted by atomic mass is 9.92. The van der Waals surface area contributed by atoms with Crippen LogP contribution in [0, 0.1) is 5.41 Å². The predicted molar refractivity (Wildman–Crippen MR) is 134 cm³/mol. The van der Waals surface area contributed by atoms with Crippen molar-refractivity contribution in [3.05, 3.63) is 46.2 Å². The third-order valence-corrected chi connectivity index (χ3v) is 4.75. The number of thioether (sulfide) groups is 1. The van der Waals surface area contributed by atoms with Crippen LogP contribution in [0.4, 0.5) is 0 Å². The number of hydrogen-bond acceptors (Lipinski definition) is 6. The van der Waals surface area contributed by atoms with Gasteiger partial charge in [0, 0.05) is 31.3 Å². The Morgan fingerprint density at radius 2 is 1.94 bits per heavy atom. The number of carboxylic acid groups (broad SMARTS) is 1. The number of nitrogens with one attached hydrogen (secondary N) is 1. The second kappa shape index (κ2) is 11.9. The van der Waals surface area contributed by atoms with Crippen LogP contribution in [0.25, 0.3) is 22.3 Å². The van der Waals surface area contributed by atoms with Gasteiger partial charge in [-0.15, -0.1) is 0 Å². The molecule has 0 fully saturated rings. The molecule has 3 aromatic rings. The highest BCUT2D eigenvalue weighted by Gasteiger charge is 2.20. The number of fused-ring (bicyclic) bond motifs is 1. The smallest absolute Gasteiger partial charge is 0.341 e. The Morgan fingerprint density at radius 1 is 1.24 bits per heavy atom. The zero-order valence-corrected chi connectivity index (χ0v) is 20.9. The Kier molecular flexibility index (Phi) is 9.55. The van der Waals surface area contributed by atoms with Crippen LogP contribution in [0.3, 0.4) is 0 Å².